The molecule has 0 amide bonds. The second-order valence-corrected chi connectivity index (χ2v) is 4.49. The molecule has 1 unspecified atom stereocenters. The van der Waals surface area contributed by atoms with Crippen molar-refractivity contribution < 1.29 is 52.8 Å². The second kappa shape index (κ2) is 17.0. The number of aliphatic hydroxyl groups excluding tert-OH is 2. The van der Waals surface area contributed by atoms with Crippen LogP contribution in [-0.4, -0.2) is 103 Å². The highest BCUT2D eigenvalue weighted by atomic mass is 19.3. The third-order valence-corrected chi connectivity index (χ3v) is 2.68. The minimum atomic E-state index is -2.07. The maximum absolute atomic E-state index is 13.1. The molecule has 0 aromatic heterocycles. The van der Waals surface area contributed by atoms with Gasteiger partial charge in [-0.3, -0.25) is 0 Å². The number of ether oxygens (including phenoxy) is 7. The lowest BCUT2D eigenvalue weighted by Gasteiger charge is -2.36. The molecule has 10 nitrogen and oxygen atoms in total. The summed E-state index contributed by atoms with van der Waals surface area (Å²) in [6, 6.07) is 0. The van der Waals surface area contributed by atoms with Gasteiger partial charge in [-0.25, -0.2) is 0 Å². The summed E-state index contributed by atoms with van der Waals surface area (Å²) in [5.41, 5.74) is 0. The van der Waals surface area contributed by atoms with E-state index in [2.05, 4.69) is 4.94 Å². The van der Waals surface area contributed by atoms with Crippen molar-refractivity contribution in [3.8, 4) is 0 Å². The maximum atomic E-state index is 13.1. The minimum absolute atomic E-state index is 0.0106. The van der Waals surface area contributed by atoms with E-state index in [1.165, 1.54) is 14.2 Å². The summed E-state index contributed by atoms with van der Waals surface area (Å²) in [5, 5.41) is 17.5. The average Bonchev–Trinajstić information content (AvgIpc) is 2.62. The molecule has 0 aliphatic rings. The molecular formula is C14H29FO10. The van der Waals surface area contributed by atoms with Crippen molar-refractivity contribution in [1.82, 2.24) is 0 Å². The molecule has 11 heteroatoms. The molecule has 0 spiro atoms. The van der Waals surface area contributed by atoms with Crippen molar-refractivity contribution in [1.29, 1.82) is 0 Å². The van der Waals surface area contributed by atoms with Gasteiger partial charge in [0.1, 0.15) is 0 Å². The Morgan fingerprint density at radius 3 is 1.72 bits per heavy atom. The predicted octanol–water partition coefficient (Wildman–Crippen LogP) is -0.772. The van der Waals surface area contributed by atoms with Crippen LogP contribution in [0.5, 0.6) is 0 Å². The van der Waals surface area contributed by atoms with Crippen molar-refractivity contribution >= 4 is 0 Å². The number of rotatable bonds is 19. The van der Waals surface area contributed by atoms with Gasteiger partial charge in [-0.05, 0) is 4.53 Å². The van der Waals surface area contributed by atoms with Crippen LogP contribution in [0, 0.1) is 0 Å². The number of aliphatic hydroxyl groups is 2. The average molecular weight is 376 g/mol. The Bertz CT molecular complexity index is 274. The van der Waals surface area contributed by atoms with Crippen LogP contribution >= 0.6 is 0 Å². The molecule has 0 aliphatic carbocycles. The largest absolute Gasteiger partial charge is 0.394 e. The summed E-state index contributed by atoms with van der Waals surface area (Å²) in [6.07, 6.45) is -1.73. The monoisotopic (exact) mass is 376 g/mol. The summed E-state index contributed by atoms with van der Waals surface area (Å²) in [4.78, 5) is 3.79. The highest BCUT2D eigenvalue weighted by Gasteiger charge is 2.46. The fourth-order valence-electron chi connectivity index (χ4n) is 1.62. The number of hydrogen-bond donors (Lipinski definition) is 2. The summed E-state index contributed by atoms with van der Waals surface area (Å²) in [6.45, 7) is -0.270. The van der Waals surface area contributed by atoms with E-state index in [-0.39, 0.29) is 66.1 Å². The lowest BCUT2D eigenvalue weighted by Crippen LogP contribution is -2.53. The first-order valence-electron chi connectivity index (χ1n) is 7.79. The third-order valence-electron chi connectivity index (χ3n) is 2.68. The zero-order valence-corrected chi connectivity index (χ0v) is 14.7. The van der Waals surface area contributed by atoms with Gasteiger partial charge in [0.25, 0.3) is 6.29 Å². The smallest absolute Gasteiger partial charge is 0.341 e. The molecule has 0 bridgehead atoms. The van der Waals surface area contributed by atoms with Gasteiger partial charge in [-0.2, -0.15) is 4.94 Å². The molecule has 0 aliphatic heterocycles. The van der Waals surface area contributed by atoms with Gasteiger partial charge >= 0.3 is 5.97 Å². The van der Waals surface area contributed by atoms with Crippen LogP contribution in [0.4, 0.5) is 4.53 Å². The molecule has 0 saturated carbocycles. The molecule has 1 atom stereocenters. The summed E-state index contributed by atoms with van der Waals surface area (Å²) in [7, 11) is 2.93. The quantitative estimate of drug-likeness (QED) is 0.220. The molecule has 0 heterocycles. The molecule has 0 rings (SSSR count). The van der Waals surface area contributed by atoms with Gasteiger partial charge in [0.15, 0.2) is 0 Å². The zero-order valence-electron chi connectivity index (χ0n) is 14.7. The fourth-order valence-corrected chi connectivity index (χ4v) is 1.62. The van der Waals surface area contributed by atoms with Gasteiger partial charge in [-0.1, -0.05) is 0 Å². The van der Waals surface area contributed by atoms with Gasteiger partial charge in [0.05, 0.1) is 66.1 Å². The molecule has 0 fully saturated rings. The third kappa shape index (κ3) is 11.0. The molecule has 0 aromatic rings. The van der Waals surface area contributed by atoms with Crippen LogP contribution in [0.1, 0.15) is 0 Å². The first kappa shape index (κ1) is 24.5. The molecule has 0 aromatic carbocycles. The van der Waals surface area contributed by atoms with E-state index in [1.54, 1.807) is 0 Å². The number of hydrogen-bond acceptors (Lipinski definition) is 10. The van der Waals surface area contributed by atoms with Crippen LogP contribution < -0.4 is 0 Å². The standard InChI is InChI=1S/C14H29FO10/c1-18-7-10-22-14(23-11-8-19-2,13(25-15)21-6-4-17)24-12-9-20-5-3-16/h13,16-17H,3-12H2,1-2H3. The van der Waals surface area contributed by atoms with Crippen LogP contribution in [-0.2, 0) is 38.1 Å². The molecule has 0 saturated heterocycles. The second-order valence-electron chi connectivity index (χ2n) is 4.49. The molecule has 152 valence electrons. The first-order valence-corrected chi connectivity index (χ1v) is 7.79. The van der Waals surface area contributed by atoms with Crippen LogP contribution in [0.15, 0.2) is 0 Å². The van der Waals surface area contributed by atoms with Crippen molar-refractivity contribution in [3.63, 3.8) is 0 Å². The van der Waals surface area contributed by atoms with Crippen LogP contribution in [0.3, 0.4) is 0 Å². The van der Waals surface area contributed by atoms with E-state index in [9.17, 15) is 4.53 Å². The number of halogens is 1. The Morgan fingerprint density at radius 2 is 1.28 bits per heavy atom. The van der Waals surface area contributed by atoms with E-state index < -0.39 is 12.3 Å². The van der Waals surface area contributed by atoms with E-state index >= 15 is 0 Å². The van der Waals surface area contributed by atoms with E-state index in [0.717, 1.165) is 0 Å². The minimum Gasteiger partial charge on any atom is -0.394 e. The van der Waals surface area contributed by atoms with Gasteiger partial charge in [-0.15, -0.1) is 0 Å². The summed E-state index contributed by atoms with van der Waals surface area (Å²) < 4.78 is 49.4. The van der Waals surface area contributed by atoms with Crippen molar-refractivity contribution in [2.24, 2.45) is 0 Å². The SMILES string of the molecule is COCCOC(OCCOC)(OCCOCCO)C(OF)OCCO. The van der Waals surface area contributed by atoms with E-state index in [4.69, 9.17) is 43.4 Å². The lowest BCUT2D eigenvalue weighted by atomic mass is 10.4. The Balaban J connectivity index is 4.99. The lowest BCUT2D eigenvalue weighted by molar-refractivity contribution is -0.484. The van der Waals surface area contributed by atoms with Crippen LogP contribution in [0.2, 0.25) is 0 Å². The summed E-state index contributed by atoms with van der Waals surface area (Å²) >= 11 is 0. The molecule has 25 heavy (non-hydrogen) atoms. The van der Waals surface area contributed by atoms with E-state index in [1.807, 2.05) is 0 Å². The van der Waals surface area contributed by atoms with Crippen molar-refractivity contribution in [2.75, 3.05) is 80.3 Å². The molecular weight excluding hydrogens is 347 g/mol. The fraction of sp³-hybridized carbons (Fsp3) is 1.00. The Morgan fingerprint density at radius 1 is 0.760 bits per heavy atom. The Labute approximate surface area is 146 Å². The predicted molar refractivity (Wildman–Crippen MR) is 81.3 cm³/mol. The Hall–Kier alpha value is -0.470. The highest BCUT2D eigenvalue weighted by Crippen LogP contribution is 2.25. The zero-order chi connectivity index (χ0) is 18.8. The molecule has 0 radical (unpaired) electrons. The van der Waals surface area contributed by atoms with Crippen molar-refractivity contribution in [2.45, 2.75) is 12.3 Å². The van der Waals surface area contributed by atoms with Gasteiger partial charge in [0, 0.05) is 14.2 Å². The first-order chi connectivity index (χ1) is 12.2. The maximum Gasteiger partial charge on any atom is 0.341 e. The highest BCUT2D eigenvalue weighted by molar-refractivity contribution is 4.64. The Kier molecular flexibility index (Phi) is 16.7. The van der Waals surface area contributed by atoms with Crippen LogP contribution in [0.25, 0.3) is 0 Å². The normalized spacial score (nSPS) is 13.3. The van der Waals surface area contributed by atoms with E-state index in [0.29, 0.717) is 0 Å². The number of methoxy groups -OCH3 is 2. The topological polar surface area (TPSA) is 114 Å². The van der Waals surface area contributed by atoms with Crippen molar-refractivity contribution in [3.05, 3.63) is 0 Å². The van der Waals surface area contributed by atoms with Gasteiger partial charge in [0.2, 0.25) is 0 Å². The van der Waals surface area contributed by atoms with Gasteiger partial charge < -0.3 is 43.4 Å². The molecule has 2 N–H and O–H groups in total. The summed E-state index contributed by atoms with van der Waals surface area (Å²) in [5.74, 6) is -2.07.